The third-order valence-electron chi connectivity index (χ3n) is 4.49. The van der Waals surface area contributed by atoms with E-state index in [2.05, 4.69) is 5.32 Å². The van der Waals surface area contributed by atoms with Crippen LogP contribution in [0.3, 0.4) is 0 Å². The van der Waals surface area contributed by atoms with Gasteiger partial charge in [-0.2, -0.15) is 0 Å². The molecule has 2 fully saturated rings. The summed E-state index contributed by atoms with van der Waals surface area (Å²) in [5, 5.41) is 12.0. The molecule has 0 spiro atoms. The van der Waals surface area contributed by atoms with E-state index in [1.165, 1.54) is 25.7 Å². The Kier molecular flexibility index (Phi) is 3.93. The van der Waals surface area contributed by atoms with Crippen molar-refractivity contribution < 1.29 is 14.7 Å². The predicted octanol–water partition coefficient (Wildman–Crippen LogP) is 2.33. The van der Waals surface area contributed by atoms with Crippen LogP contribution < -0.4 is 5.32 Å². The van der Waals surface area contributed by atoms with Gasteiger partial charge in [0.15, 0.2) is 0 Å². The first kappa shape index (κ1) is 13.4. The van der Waals surface area contributed by atoms with E-state index in [0.717, 1.165) is 19.3 Å². The van der Waals surface area contributed by atoms with Gasteiger partial charge in [0, 0.05) is 6.42 Å². The monoisotopic (exact) mass is 253 g/mol. The largest absolute Gasteiger partial charge is 0.480 e. The van der Waals surface area contributed by atoms with Crippen LogP contribution >= 0.6 is 0 Å². The number of aliphatic carboxylic acids is 1. The van der Waals surface area contributed by atoms with E-state index in [1.54, 1.807) is 6.92 Å². The van der Waals surface area contributed by atoms with Crippen molar-refractivity contribution in [3.8, 4) is 0 Å². The highest BCUT2D eigenvalue weighted by Gasteiger charge is 2.48. The molecule has 1 amide bonds. The number of hydrogen-bond acceptors (Lipinski definition) is 2. The number of carbonyl (C=O) groups is 2. The van der Waals surface area contributed by atoms with Gasteiger partial charge in [-0.15, -0.1) is 0 Å². The van der Waals surface area contributed by atoms with Crippen LogP contribution in [0.15, 0.2) is 0 Å². The molecule has 0 bridgehead atoms. The normalized spacial score (nSPS) is 23.6. The van der Waals surface area contributed by atoms with Gasteiger partial charge < -0.3 is 10.4 Å². The summed E-state index contributed by atoms with van der Waals surface area (Å²) < 4.78 is 0. The molecule has 0 aromatic rings. The third-order valence-corrected chi connectivity index (χ3v) is 4.49. The van der Waals surface area contributed by atoms with E-state index in [1.807, 2.05) is 0 Å². The van der Waals surface area contributed by atoms with Gasteiger partial charge in [0.05, 0.1) is 0 Å². The van der Waals surface area contributed by atoms with Crippen LogP contribution in [0.25, 0.3) is 0 Å². The van der Waals surface area contributed by atoms with Crippen molar-refractivity contribution in [2.24, 2.45) is 11.8 Å². The van der Waals surface area contributed by atoms with Crippen molar-refractivity contribution in [2.45, 2.75) is 63.8 Å². The first-order valence-corrected chi connectivity index (χ1v) is 7.07. The zero-order valence-electron chi connectivity index (χ0n) is 11.1. The highest BCUT2D eigenvalue weighted by molar-refractivity contribution is 5.87. The van der Waals surface area contributed by atoms with Crippen LogP contribution in [0.5, 0.6) is 0 Å². The van der Waals surface area contributed by atoms with Crippen molar-refractivity contribution in [3.05, 3.63) is 0 Å². The highest BCUT2D eigenvalue weighted by Crippen LogP contribution is 2.39. The SMILES string of the molecule is CC(NC(=O)CCC1CCCC1)(C(=O)O)C1CC1. The van der Waals surface area contributed by atoms with E-state index < -0.39 is 11.5 Å². The van der Waals surface area contributed by atoms with Gasteiger partial charge in [0.1, 0.15) is 5.54 Å². The Morgan fingerprint density at radius 1 is 1.22 bits per heavy atom. The summed E-state index contributed by atoms with van der Waals surface area (Å²) in [6, 6.07) is 0. The Balaban J connectivity index is 1.79. The second-order valence-corrected chi connectivity index (χ2v) is 6.02. The predicted molar refractivity (Wildman–Crippen MR) is 68.1 cm³/mol. The summed E-state index contributed by atoms with van der Waals surface area (Å²) in [5.41, 5.74) is -1.05. The molecule has 0 aromatic heterocycles. The Morgan fingerprint density at radius 3 is 2.33 bits per heavy atom. The topological polar surface area (TPSA) is 66.4 Å². The molecule has 0 aliphatic heterocycles. The molecule has 0 saturated heterocycles. The molecular weight excluding hydrogens is 230 g/mol. The number of rotatable bonds is 6. The van der Waals surface area contributed by atoms with E-state index >= 15 is 0 Å². The highest BCUT2D eigenvalue weighted by atomic mass is 16.4. The van der Waals surface area contributed by atoms with E-state index in [-0.39, 0.29) is 11.8 Å². The third kappa shape index (κ3) is 3.03. The molecule has 102 valence electrons. The van der Waals surface area contributed by atoms with Gasteiger partial charge >= 0.3 is 5.97 Å². The molecule has 18 heavy (non-hydrogen) atoms. The van der Waals surface area contributed by atoms with Gasteiger partial charge in [-0.3, -0.25) is 4.79 Å². The molecule has 1 unspecified atom stereocenters. The van der Waals surface area contributed by atoms with Gasteiger partial charge in [-0.25, -0.2) is 4.79 Å². The lowest BCUT2D eigenvalue weighted by atomic mass is 9.95. The second-order valence-electron chi connectivity index (χ2n) is 6.02. The molecule has 2 rings (SSSR count). The Morgan fingerprint density at radius 2 is 1.83 bits per heavy atom. The fourth-order valence-electron chi connectivity index (χ4n) is 2.98. The minimum Gasteiger partial charge on any atom is -0.480 e. The lowest BCUT2D eigenvalue weighted by Gasteiger charge is -2.26. The van der Waals surface area contributed by atoms with Gasteiger partial charge in [-0.1, -0.05) is 25.7 Å². The molecule has 2 saturated carbocycles. The van der Waals surface area contributed by atoms with Crippen LogP contribution in [-0.4, -0.2) is 22.5 Å². The zero-order chi connectivity index (χ0) is 13.2. The number of hydrogen-bond donors (Lipinski definition) is 2. The van der Waals surface area contributed by atoms with Crippen LogP contribution in [-0.2, 0) is 9.59 Å². The molecule has 4 heteroatoms. The fourth-order valence-corrected chi connectivity index (χ4v) is 2.98. The standard InChI is InChI=1S/C14H23NO3/c1-14(13(17)18,11-7-8-11)15-12(16)9-6-10-4-2-3-5-10/h10-11H,2-9H2,1H3,(H,15,16)(H,17,18). The number of carbonyl (C=O) groups excluding carboxylic acids is 1. The average Bonchev–Trinajstić information content (AvgIpc) is 3.04. The summed E-state index contributed by atoms with van der Waals surface area (Å²) in [7, 11) is 0. The molecule has 1 atom stereocenters. The first-order valence-electron chi connectivity index (χ1n) is 7.07. The summed E-state index contributed by atoms with van der Waals surface area (Å²) in [4.78, 5) is 23.2. The number of carboxylic acids is 1. The Bertz CT molecular complexity index is 332. The molecule has 2 aliphatic carbocycles. The summed E-state index contributed by atoms with van der Waals surface area (Å²) >= 11 is 0. The van der Waals surface area contributed by atoms with Crippen molar-refractivity contribution in [2.75, 3.05) is 0 Å². The van der Waals surface area contributed by atoms with Crippen LogP contribution in [0.1, 0.15) is 58.3 Å². The van der Waals surface area contributed by atoms with Crippen molar-refractivity contribution in [1.29, 1.82) is 0 Å². The Labute approximate surface area is 108 Å². The summed E-state index contributed by atoms with van der Waals surface area (Å²) in [6.45, 7) is 1.64. The lowest BCUT2D eigenvalue weighted by molar-refractivity contribution is -0.148. The van der Waals surface area contributed by atoms with Gasteiger partial charge in [0.25, 0.3) is 0 Å². The molecular formula is C14H23NO3. The van der Waals surface area contributed by atoms with Crippen LogP contribution in [0.2, 0.25) is 0 Å². The maximum atomic E-state index is 11.9. The number of amides is 1. The van der Waals surface area contributed by atoms with Crippen LogP contribution in [0.4, 0.5) is 0 Å². The summed E-state index contributed by atoms with van der Waals surface area (Å²) in [6.07, 6.45) is 8.21. The smallest absolute Gasteiger partial charge is 0.329 e. The molecule has 0 heterocycles. The number of carboxylic acid groups (broad SMARTS) is 1. The molecule has 2 N–H and O–H groups in total. The van der Waals surface area contributed by atoms with Gasteiger partial charge in [0.2, 0.25) is 5.91 Å². The van der Waals surface area contributed by atoms with Crippen LogP contribution in [0, 0.1) is 11.8 Å². The molecule has 2 aliphatic rings. The molecule has 0 aromatic carbocycles. The second kappa shape index (κ2) is 5.29. The van der Waals surface area contributed by atoms with E-state index in [0.29, 0.717) is 12.3 Å². The van der Waals surface area contributed by atoms with Crippen molar-refractivity contribution in [1.82, 2.24) is 5.32 Å². The maximum absolute atomic E-state index is 11.9. The fraction of sp³-hybridized carbons (Fsp3) is 0.857. The zero-order valence-corrected chi connectivity index (χ0v) is 11.1. The van der Waals surface area contributed by atoms with Crippen molar-refractivity contribution >= 4 is 11.9 Å². The quantitative estimate of drug-likeness (QED) is 0.763. The Hall–Kier alpha value is -1.06. The minimum absolute atomic E-state index is 0.0984. The maximum Gasteiger partial charge on any atom is 0.329 e. The number of nitrogens with one attached hydrogen (secondary N) is 1. The minimum atomic E-state index is -1.05. The van der Waals surface area contributed by atoms with E-state index in [9.17, 15) is 14.7 Å². The van der Waals surface area contributed by atoms with Crippen molar-refractivity contribution in [3.63, 3.8) is 0 Å². The first-order chi connectivity index (χ1) is 8.52. The summed E-state index contributed by atoms with van der Waals surface area (Å²) in [5.74, 6) is -0.212. The van der Waals surface area contributed by atoms with Gasteiger partial charge in [-0.05, 0) is 38.0 Å². The molecule has 0 radical (unpaired) electrons. The van der Waals surface area contributed by atoms with E-state index in [4.69, 9.17) is 0 Å². The average molecular weight is 253 g/mol. The lowest BCUT2D eigenvalue weighted by Crippen LogP contribution is -2.54. The molecule has 4 nitrogen and oxygen atoms in total.